The summed E-state index contributed by atoms with van der Waals surface area (Å²) in [5, 5.41) is 11.2. The summed E-state index contributed by atoms with van der Waals surface area (Å²) in [5.41, 5.74) is 0.251. The summed E-state index contributed by atoms with van der Waals surface area (Å²) in [4.78, 5) is 21.9. The normalized spacial score (nSPS) is 10.8. The van der Waals surface area contributed by atoms with Gasteiger partial charge in [-0.1, -0.05) is 12.1 Å². The summed E-state index contributed by atoms with van der Waals surface area (Å²) in [6.45, 7) is 3.63. The van der Waals surface area contributed by atoms with Gasteiger partial charge in [0.05, 0.1) is 12.6 Å². The standard InChI is InChI=1S/C13H17NO4/c1-13(2,14-11(15)8-12(16)17)9-4-6-10(18-3)7-5-9/h4-7H,8H2,1-3H3,(H,14,15)(H,16,17). The molecule has 0 saturated carbocycles. The smallest absolute Gasteiger partial charge is 0.312 e. The van der Waals surface area contributed by atoms with Crippen molar-refractivity contribution in [3.8, 4) is 5.75 Å². The molecule has 1 rings (SSSR count). The highest BCUT2D eigenvalue weighted by Gasteiger charge is 2.23. The Morgan fingerprint density at radius 2 is 1.83 bits per heavy atom. The summed E-state index contributed by atoms with van der Waals surface area (Å²) < 4.78 is 5.05. The minimum atomic E-state index is -1.14. The van der Waals surface area contributed by atoms with Gasteiger partial charge in [-0.3, -0.25) is 9.59 Å². The third kappa shape index (κ3) is 3.76. The van der Waals surface area contributed by atoms with E-state index in [-0.39, 0.29) is 0 Å². The quantitative estimate of drug-likeness (QED) is 0.778. The third-order valence-electron chi connectivity index (χ3n) is 2.58. The van der Waals surface area contributed by atoms with Crippen LogP contribution < -0.4 is 10.1 Å². The van der Waals surface area contributed by atoms with Gasteiger partial charge in [-0.2, -0.15) is 0 Å². The molecule has 2 N–H and O–H groups in total. The van der Waals surface area contributed by atoms with Gasteiger partial charge < -0.3 is 15.2 Å². The van der Waals surface area contributed by atoms with Gasteiger partial charge in [0.2, 0.25) is 5.91 Å². The van der Waals surface area contributed by atoms with Crippen molar-refractivity contribution in [3.05, 3.63) is 29.8 Å². The number of rotatable bonds is 5. The molecule has 0 bridgehead atoms. The number of carboxylic acid groups (broad SMARTS) is 1. The molecule has 0 heterocycles. The van der Waals surface area contributed by atoms with E-state index in [4.69, 9.17) is 9.84 Å². The Morgan fingerprint density at radius 1 is 1.28 bits per heavy atom. The molecule has 0 aliphatic heterocycles. The molecule has 1 aromatic rings. The van der Waals surface area contributed by atoms with E-state index >= 15 is 0 Å². The number of amides is 1. The summed E-state index contributed by atoms with van der Waals surface area (Å²) in [6.07, 6.45) is -0.528. The predicted octanol–water partition coefficient (Wildman–Crippen LogP) is 1.52. The van der Waals surface area contributed by atoms with Crippen molar-refractivity contribution >= 4 is 11.9 Å². The van der Waals surface area contributed by atoms with Crippen LogP contribution in [0.15, 0.2) is 24.3 Å². The number of hydrogen-bond donors (Lipinski definition) is 2. The maximum Gasteiger partial charge on any atom is 0.312 e. The Kier molecular flexibility index (Phi) is 4.31. The van der Waals surface area contributed by atoms with Crippen LogP contribution in [-0.2, 0) is 15.1 Å². The predicted molar refractivity (Wildman–Crippen MR) is 66.4 cm³/mol. The number of carbonyl (C=O) groups is 2. The molecule has 5 heteroatoms. The molecule has 0 aliphatic carbocycles. The van der Waals surface area contributed by atoms with E-state index in [0.717, 1.165) is 11.3 Å². The zero-order valence-electron chi connectivity index (χ0n) is 10.7. The summed E-state index contributed by atoms with van der Waals surface area (Å²) in [5.74, 6) is -0.923. The van der Waals surface area contributed by atoms with Crippen molar-refractivity contribution < 1.29 is 19.4 Å². The van der Waals surface area contributed by atoms with Gasteiger partial charge in [0.1, 0.15) is 12.2 Å². The summed E-state index contributed by atoms with van der Waals surface area (Å²) in [7, 11) is 1.58. The number of aliphatic carboxylic acids is 1. The average Bonchev–Trinajstić information content (AvgIpc) is 2.27. The van der Waals surface area contributed by atoms with E-state index in [0.29, 0.717) is 0 Å². The molecular formula is C13H17NO4. The average molecular weight is 251 g/mol. The van der Waals surface area contributed by atoms with E-state index in [1.807, 2.05) is 26.0 Å². The maximum atomic E-state index is 11.4. The highest BCUT2D eigenvalue weighted by Crippen LogP contribution is 2.22. The first kappa shape index (κ1) is 14.0. The molecule has 0 unspecified atom stereocenters. The lowest BCUT2D eigenvalue weighted by Crippen LogP contribution is -2.41. The number of carbonyl (C=O) groups excluding carboxylic acids is 1. The molecule has 0 spiro atoms. The lowest BCUT2D eigenvalue weighted by molar-refractivity contribution is -0.141. The number of hydrogen-bond acceptors (Lipinski definition) is 3. The number of ether oxygens (including phenoxy) is 1. The number of benzene rings is 1. The van der Waals surface area contributed by atoms with E-state index in [2.05, 4.69) is 5.32 Å². The van der Waals surface area contributed by atoms with Crippen molar-refractivity contribution in [2.24, 2.45) is 0 Å². The molecule has 0 aliphatic rings. The van der Waals surface area contributed by atoms with Crippen LogP contribution in [0.2, 0.25) is 0 Å². The van der Waals surface area contributed by atoms with Crippen LogP contribution in [0.25, 0.3) is 0 Å². The molecule has 0 atom stereocenters. The van der Waals surface area contributed by atoms with Gasteiger partial charge in [0.15, 0.2) is 0 Å². The first-order valence-electron chi connectivity index (χ1n) is 5.52. The zero-order chi connectivity index (χ0) is 13.8. The first-order chi connectivity index (χ1) is 8.35. The minimum Gasteiger partial charge on any atom is -0.497 e. The summed E-state index contributed by atoms with van der Waals surface area (Å²) in [6, 6.07) is 7.25. The zero-order valence-corrected chi connectivity index (χ0v) is 10.7. The van der Waals surface area contributed by atoms with Crippen LogP contribution >= 0.6 is 0 Å². The van der Waals surface area contributed by atoms with Gasteiger partial charge >= 0.3 is 5.97 Å². The van der Waals surface area contributed by atoms with Gasteiger partial charge in [-0.25, -0.2) is 0 Å². The van der Waals surface area contributed by atoms with Crippen molar-refractivity contribution in [2.45, 2.75) is 25.8 Å². The van der Waals surface area contributed by atoms with E-state index in [1.54, 1.807) is 19.2 Å². The van der Waals surface area contributed by atoms with Gasteiger partial charge in [-0.15, -0.1) is 0 Å². The fourth-order valence-electron chi connectivity index (χ4n) is 1.61. The Morgan fingerprint density at radius 3 is 2.28 bits per heavy atom. The second-order valence-electron chi connectivity index (χ2n) is 4.47. The molecular weight excluding hydrogens is 234 g/mol. The number of carboxylic acids is 1. The fraction of sp³-hybridized carbons (Fsp3) is 0.385. The van der Waals surface area contributed by atoms with E-state index < -0.39 is 23.8 Å². The maximum absolute atomic E-state index is 11.4. The molecule has 0 saturated heterocycles. The SMILES string of the molecule is COc1ccc(C(C)(C)NC(=O)CC(=O)O)cc1. The van der Waals surface area contributed by atoms with Crippen LogP contribution in [0, 0.1) is 0 Å². The van der Waals surface area contributed by atoms with Crippen LogP contribution in [0.3, 0.4) is 0 Å². The van der Waals surface area contributed by atoms with E-state index in [1.165, 1.54) is 0 Å². The Balaban J connectivity index is 2.78. The van der Waals surface area contributed by atoms with Gasteiger partial charge in [0, 0.05) is 0 Å². The topological polar surface area (TPSA) is 75.6 Å². The molecule has 1 aromatic carbocycles. The Hall–Kier alpha value is -2.04. The highest BCUT2D eigenvalue weighted by molar-refractivity contribution is 5.93. The molecule has 0 fully saturated rings. The Bertz CT molecular complexity index is 437. The van der Waals surface area contributed by atoms with Crippen LogP contribution in [0.5, 0.6) is 5.75 Å². The van der Waals surface area contributed by atoms with Gasteiger partial charge in [0.25, 0.3) is 0 Å². The van der Waals surface area contributed by atoms with Crippen LogP contribution in [0.4, 0.5) is 0 Å². The third-order valence-corrected chi connectivity index (χ3v) is 2.58. The largest absolute Gasteiger partial charge is 0.497 e. The molecule has 5 nitrogen and oxygen atoms in total. The number of methoxy groups -OCH3 is 1. The molecule has 98 valence electrons. The Labute approximate surface area is 106 Å². The number of nitrogens with one attached hydrogen (secondary N) is 1. The lowest BCUT2D eigenvalue weighted by atomic mass is 9.94. The first-order valence-corrected chi connectivity index (χ1v) is 5.52. The van der Waals surface area contributed by atoms with E-state index in [9.17, 15) is 9.59 Å². The summed E-state index contributed by atoms with van der Waals surface area (Å²) >= 11 is 0. The fourth-order valence-corrected chi connectivity index (χ4v) is 1.61. The van der Waals surface area contributed by atoms with Crippen LogP contribution in [0.1, 0.15) is 25.8 Å². The second kappa shape index (κ2) is 5.53. The second-order valence-corrected chi connectivity index (χ2v) is 4.47. The molecule has 1 amide bonds. The minimum absolute atomic E-state index is 0.511. The van der Waals surface area contributed by atoms with Crippen molar-refractivity contribution in [2.75, 3.05) is 7.11 Å². The lowest BCUT2D eigenvalue weighted by Gasteiger charge is -2.26. The molecule has 0 radical (unpaired) electrons. The molecule has 18 heavy (non-hydrogen) atoms. The van der Waals surface area contributed by atoms with Crippen LogP contribution in [-0.4, -0.2) is 24.1 Å². The highest BCUT2D eigenvalue weighted by atomic mass is 16.5. The monoisotopic (exact) mass is 251 g/mol. The van der Waals surface area contributed by atoms with Gasteiger partial charge in [-0.05, 0) is 31.5 Å². The van der Waals surface area contributed by atoms with Crippen molar-refractivity contribution in [1.82, 2.24) is 5.32 Å². The molecule has 0 aromatic heterocycles. The van der Waals surface area contributed by atoms with Crippen molar-refractivity contribution in [3.63, 3.8) is 0 Å². The van der Waals surface area contributed by atoms with Crippen molar-refractivity contribution in [1.29, 1.82) is 0 Å².